The monoisotopic (exact) mass is 302 g/mol. The van der Waals surface area contributed by atoms with Crippen molar-refractivity contribution in [1.82, 2.24) is 9.80 Å². The molecular formula is C18H26N2O2. The molecule has 2 aliphatic heterocycles. The van der Waals surface area contributed by atoms with E-state index >= 15 is 0 Å². The van der Waals surface area contributed by atoms with Crippen molar-refractivity contribution in [2.45, 2.75) is 19.8 Å². The van der Waals surface area contributed by atoms with Gasteiger partial charge in [0.1, 0.15) is 0 Å². The molecule has 1 aromatic carbocycles. The fourth-order valence-electron chi connectivity index (χ4n) is 3.62. The Morgan fingerprint density at radius 3 is 2.59 bits per heavy atom. The van der Waals surface area contributed by atoms with Gasteiger partial charge in [-0.15, -0.1) is 0 Å². The third-order valence-corrected chi connectivity index (χ3v) is 4.96. The summed E-state index contributed by atoms with van der Waals surface area (Å²) in [6.45, 7) is 9.96. The van der Waals surface area contributed by atoms with Gasteiger partial charge in [-0.2, -0.15) is 0 Å². The van der Waals surface area contributed by atoms with Crippen molar-refractivity contribution in [3.8, 4) is 0 Å². The van der Waals surface area contributed by atoms with Gasteiger partial charge in [-0.1, -0.05) is 44.2 Å². The molecule has 0 aromatic heterocycles. The molecule has 4 heteroatoms. The van der Waals surface area contributed by atoms with Crippen molar-refractivity contribution in [2.75, 3.05) is 45.9 Å². The first-order valence-electron chi connectivity index (χ1n) is 8.19. The maximum absolute atomic E-state index is 12.6. The molecule has 0 bridgehead atoms. The summed E-state index contributed by atoms with van der Waals surface area (Å²) in [6.07, 6.45) is 0. The molecule has 4 nitrogen and oxygen atoms in total. The molecule has 1 aromatic rings. The highest BCUT2D eigenvalue weighted by Crippen LogP contribution is 2.42. The lowest BCUT2D eigenvalue weighted by Crippen LogP contribution is -2.44. The van der Waals surface area contributed by atoms with E-state index in [-0.39, 0.29) is 11.3 Å². The van der Waals surface area contributed by atoms with Gasteiger partial charge in [0.05, 0.1) is 19.8 Å². The highest BCUT2D eigenvalue weighted by molar-refractivity contribution is 5.79. The molecule has 0 aliphatic carbocycles. The molecule has 2 fully saturated rings. The standard InChI is InChI=1S/C18H26N2O2/c1-18(2)14-20(12-16(18)15-6-4-3-5-7-15)17(21)13-19-8-10-22-11-9-19/h3-7,16H,8-14H2,1-2H3. The Morgan fingerprint density at radius 1 is 1.23 bits per heavy atom. The summed E-state index contributed by atoms with van der Waals surface area (Å²) in [7, 11) is 0. The van der Waals surface area contributed by atoms with Crippen LogP contribution in [0.2, 0.25) is 0 Å². The van der Waals surface area contributed by atoms with E-state index in [0.717, 1.165) is 39.4 Å². The molecule has 1 atom stereocenters. The Kier molecular flexibility index (Phi) is 4.50. The Balaban J connectivity index is 1.65. The summed E-state index contributed by atoms with van der Waals surface area (Å²) in [5.41, 5.74) is 1.47. The maximum atomic E-state index is 12.6. The molecule has 1 unspecified atom stereocenters. The molecule has 120 valence electrons. The lowest BCUT2D eigenvalue weighted by molar-refractivity contribution is -0.132. The summed E-state index contributed by atoms with van der Waals surface area (Å²) in [6, 6.07) is 10.6. The van der Waals surface area contributed by atoms with E-state index in [0.29, 0.717) is 12.5 Å². The van der Waals surface area contributed by atoms with Crippen molar-refractivity contribution in [3.63, 3.8) is 0 Å². The number of hydrogen-bond acceptors (Lipinski definition) is 3. The summed E-state index contributed by atoms with van der Waals surface area (Å²) in [5.74, 6) is 0.677. The van der Waals surface area contributed by atoms with Gasteiger partial charge in [0.25, 0.3) is 0 Å². The first kappa shape index (κ1) is 15.5. The summed E-state index contributed by atoms with van der Waals surface area (Å²) >= 11 is 0. The van der Waals surface area contributed by atoms with Crippen LogP contribution in [0.15, 0.2) is 30.3 Å². The van der Waals surface area contributed by atoms with Crippen molar-refractivity contribution in [1.29, 1.82) is 0 Å². The number of carbonyl (C=O) groups is 1. The average Bonchev–Trinajstić information content (AvgIpc) is 2.85. The topological polar surface area (TPSA) is 32.8 Å². The van der Waals surface area contributed by atoms with Gasteiger partial charge in [0, 0.05) is 32.1 Å². The molecule has 0 radical (unpaired) electrons. The smallest absolute Gasteiger partial charge is 0.236 e. The zero-order valence-corrected chi connectivity index (χ0v) is 13.6. The van der Waals surface area contributed by atoms with E-state index in [4.69, 9.17) is 4.74 Å². The van der Waals surface area contributed by atoms with E-state index in [1.807, 2.05) is 11.0 Å². The van der Waals surface area contributed by atoms with Crippen LogP contribution < -0.4 is 0 Å². The van der Waals surface area contributed by atoms with Gasteiger partial charge in [-0.3, -0.25) is 9.69 Å². The summed E-state index contributed by atoms with van der Waals surface area (Å²) in [4.78, 5) is 16.9. The predicted octanol–water partition coefficient (Wildman–Crippen LogP) is 1.97. The Labute approximate surface area is 133 Å². The Bertz CT molecular complexity index is 509. The fraction of sp³-hybridized carbons (Fsp3) is 0.611. The highest BCUT2D eigenvalue weighted by atomic mass is 16.5. The number of benzene rings is 1. The quantitative estimate of drug-likeness (QED) is 0.856. The number of carbonyl (C=O) groups excluding carboxylic acids is 1. The number of hydrogen-bond donors (Lipinski definition) is 0. The van der Waals surface area contributed by atoms with E-state index in [1.165, 1.54) is 5.56 Å². The third-order valence-electron chi connectivity index (χ3n) is 4.96. The van der Waals surface area contributed by atoms with Gasteiger partial charge in [-0.25, -0.2) is 0 Å². The first-order valence-corrected chi connectivity index (χ1v) is 8.19. The maximum Gasteiger partial charge on any atom is 0.236 e. The number of amides is 1. The van der Waals surface area contributed by atoms with Crippen LogP contribution in [0.4, 0.5) is 0 Å². The van der Waals surface area contributed by atoms with E-state index in [1.54, 1.807) is 0 Å². The number of likely N-dealkylation sites (tertiary alicyclic amines) is 1. The van der Waals surface area contributed by atoms with Gasteiger partial charge in [0.15, 0.2) is 0 Å². The fourth-order valence-corrected chi connectivity index (χ4v) is 3.62. The molecule has 22 heavy (non-hydrogen) atoms. The molecule has 0 saturated carbocycles. The van der Waals surface area contributed by atoms with E-state index in [2.05, 4.69) is 43.0 Å². The normalized spacial score (nSPS) is 25.4. The molecule has 1 amide bonds. The minimum absolute atomic E-state index is 0.127. The second-order valence-corrected chi connectivity index (χ2v) is 7.11. The number of morpholine rings is 1. The SMILES string of the molecule is CC1(C)CN(C(=O)CN2CCOCC2)CC1c1ccccc1. The number of rotatable bonds is 3. The molecule has 0 spiro atoms. The van der Waals surface area contributed by atoms with Gasteiger partial charge < -0.3 is 9.64 Å². The minimum Gasteiger partial charge on any atom is -0.379 e. The largest absolute Gasteiger partial charge is 0.379 e. The molecule has 2 heterocycles. The molecule has 2 saturated heterocycles. The lowest BCUT2D eigenvalue weighted by atomic mass is 9.78. The average molecular weight is 302 g/mol. The second-order valence-electron chi connectivity index (χ2n) is 7.11. The zero-order chi connectivity index (χ0) is 15.6. The van der Waals surface area contributed by atoms with Crippen LogP contribution in [-0.4, -0.2) is 61.6 Å². The number of ether oxygens (including phenoxy) is 1. The van der Waals surface area contributed by atoms with E-state index < -0.39 is 0 Å². The summed E-state index contributed by atoms with van der Waals surface area (Å²) in [5, 5.41) is 0. The van der Waals surface area contributed by atoms with Crippen molar-refractivity contribution < 1.29 is 9.53 Å². The third kappa shape index (κ3) is 3.33. The van der Waals surface area contributed by atoms with Gasteiger partial charge in [-0.05, 0) is 11.0 Å². The van der Waals surface area contributed by atoms with Crippen molar-refractivity contribution in [2.24, 2.45) is 5.41 Å². The number of nitrogens with zero attached hydrogens (tertiary/aromatic N) is 2. The Morgan fingerprint density at radius 2 is 1.91 bits per heavy atom. The molecular weight excluding hydrogens is 276 g/mol. The summed E-state index contributed by atoms with van der Waals surface area (Å²) < 4.78 is 5.35. The highest BCUT2D eigenvalue weighted by Gasteiger charge is 2.41. The van der Waals surface area contributed by atoms with Crippen molar-refractivity contribution >= 4 is 5.91 Å². The van der Waals surface area contributed by atoms with Crippen LogP contribution in [0.5, 0.6) is 0 Å². The predicted molar refractivity (Wildman–Crippen MR) is 86.8 cm³/mol. The zero-order valence-electron chi connectivity index (χ0n) is 13.6. The van der Waals surface area contributed by atoms with Gasteiger partial charge in [0.2, 0.25) is 5.91 Å². The van der Waals surface area contributed by atoms with Crippen LogP contribution in [-0.2, 0) is 9.53 Å². The van der Waals surface area contributed by atoms with Gasteiger partial charge >= 0.3 is 0 Å². The first-order chi connectivity index (χ1) is 10.6. The van der Waals surface area contributed by atoms with Crippen LogP contribution >= 0.6 is 0 Å². The van der Waals surface area contributed by atoms with E-state index in [9.17, 15) is 4.79 Å². The molecule has 0 N–H and O–H groups in total. The van der Waals surface area contributed by atoms with Crippen LogP contribution in [0, 0.1) is 5.41 Å². The Hall–Kier alpha value is -1.39. The van der Waals surface area contributed by atoms with Crippen molar-refractivity contribution in [3.05, 3.63) is 35.9 Å². The minimum atomic E-state index is 0.127. The molecule has 2 aliphatic rings. The lowest BCUT2D eigenvalue weighted by Gasteiger charge is -2.28. The second kappa shape index (κ2) is 6.39. The van der Waals surface area contributed by atoms with Crippen LogP contribution in [0.25, 0.3) is 0 Å². The van der Waals surface area contributed by atoms with Crippen LogP contribution in [0.3, 0.4) is 0 Å². The molecule has 3 rings (SSSR count). The van der Waals surface area contributed by atoms with Crippen LogP contribution in [0.1, 0.15) is 25.3 Å².